The van der Waals surface area contributed by atoms with Crippen molar-refractivity contribution in [1.82, 2.24) is 4.98 Å². The van der Waals surface area contributed by atoms with E-state index in [0.717, 1.165) is 0 Å². The molecule has 0 radical (unpaired) electrons. The van der Waals surface area contributed by atoms with Crippen molar-refractivity contribution in [2.45, 2.75) is 18.4 Å². The van der Waals surface area contributed by atoms with Gasteiger partial charge in [0, 0.05) is 29.9 Å². The Bertz CT molecular complexity index is 857. The molecule has 0 saturated carbocycles. The molecule has 3 rings (SSSR count). The summed E-state index contributed by atoms with van der Waals surface area (Å²) in [5.74, 6) is 0.158. The van der Waals surface area contributed by atoms with E-state index >= 15 is 0 Å². The standard InChI is InChI=1S/C17H15ClN4O3/c18-14-4-2-1-3-13(14)17(23)6-9-21(10-7-17)16-15(22(24)25)12(11-19)5-8-20-16/h1-5,8,23H,6-7,9-10H2. The van der Waals surface area contributed by atoms with Crippen LogP contribution in [0.3, 0.4) is 0 Å². The van der Waals surface area contributed by atoms with Crippen molar-refractivity contribution in [3.8, 4) is 6.07 Å². The highest BCUT2D eigenvalue weighted by Crippen LogP contribution is 2.39. The number of aliphatic hydroxyl groups is 1. The fourth-order valence-corrected chi connectivity index (χ4v) is 3.45. The van der Waals surface area contributed by atoms with Gasteiger partial charge in [0.2, 0.25) is 5.82 Å². The first-order valence-electron chi connectivity index (χ1n) is 7.72. The normalized spacial score (nSPS) is 16.3. The van der Waals surface area contributed by atoms with E-state index in [1.807, 2.05) is 12.1 Å². The predicted molar refractivity (Wildman–Crippen MR) is 92.4 cm³/mol. The van der Waals surface area contributed by atoms with Crippen molar-refractivity contribution in [3.63, 3.8) is 0 Å². The van der Waals surface area contributed by atoms with Gasteiger partial charge in [-0.25, -0.2) is 4.98 Å². The summed E-state index contributed by atoms with van der Waals surface area (Å²) in [4.78, 5) is 16.6. The first kappa shape index (κ1) is 17.1. The number of benzene rings is 1. The molecule has 0 unspecified atom stereocenters. The van der Waals surface area contributed by atoms with Gasteiger partial charge < -0.3 is 10.0 Å². The van der Waals surface area contributed by atoms with E-state index in [2.05, 4.69) is 4.98 Å². The van der Waals surface area contributed by atoms with Crippen LogP contribution in [0.5, 0.6) is 0 Å². The zero-order valence-electron chi connectivity index (χ0n) is 13.2. The smallest absolute Gasteiger partial charge is 0.329 e. The van der Waals surface area contributed by atoms with Gasteiger partial charge in [0.05, 0.1) is 10.5 Å². The third kappa shape index (κ3) is 3.14. The molecule has 1 aliphatic heterocycles. The molecule has 2 heterocycles. The van der Waals surface area contributed by atoms with Gasteiger partial charge in [0.1, 0.15) is 11.6 Å². The number of pyridine rings is 1. The van der Waals surface area contributed by atoms with E-state index in [0.29, 0.717) is 36.5 Å². The van der Waals surface area contributed by atoms with Crippen LogP contribution in [0.15, 0.2) is 36.5 Å². The zero-order valence-corrected chi connectivity index (χ0v) is 14.0. The molecule has 8 heteroatoms. The van der Waals surface area contributed by atoms with Crippen LogP contribution in [0.1, 0.15) is 24.0 Å². The molecular formula is C17H15ClN4O3. The first-order chi connectivity index (χ1) is 12.0. The molecular weight excluding hydrogens is 344 g/mol. The molecule has 1 aromatic heterocycles. The molecule has 0 bridgehead atoms. The summed E-state index contributed by atoms with van der Waals surface area (Å²) in [5.41, 5.74) is -0.754. The Balaban J connectivity index is 1.88. The Hall–Kier alpha value is -2.69. The van der Waals surface area contributed by atoms with Crippen LogP contribution in [0.2, 0.25) is 5.02 Å². The van der Waals surface area contributed by atoms with Gasteiger partial charge in [-0.2, -0.15) is 5.26 Å². The maximum absolute atomic E-state index is 11.4. The van der Waals surface area contributed by atoms with Gasteiger partial charge in [0.15, 0.2) is 0 Å². The second-order valence-electron chi connectivity index (χ2n) is 5.90. The molecule has 128 valence electrons. The molecule has 0 atom stereocenters. The van der Waals surface area contributed by atoms with Crippen LogP contribution in [0, 0.1) is 21.4 Å². The van der Waals surface area contributed by atoms with Crippen molar-refractivity contribution in [3.05, 3.63) is 62.8 Å². The lowest BCUT2D eigenvalue weighted by atomic mass is 9.84. The molecule has 1 aromatic carbocycles. The Labute approximate surface area is 149 Å². The summed E-state index contributed by atoms with van der Waals surface area (Å²) in [6.45, 7) is 0.731. The van der Waals surface area contributed by atoms with Gasteiger partial charge in [-0.1, -0.05) is 29.8 Å². The number of anilines is 1. The lowest BCUT2D eigenvalue weighted by molar-refractivity contribution is -0.384. The summed E-state index contributed by atoms with van der Waals surface area (Å²) < 4.78 is 0. The molecule has 1 saturated heterocycles. The molecule has 1 fully saturated rings. The summed E-state index contributed by atoms with van der Waals surface area (Å²) >= 11 is 6.20. The van der Waals surface area contributed by atoms with Crippen LogP contribution in [0.4, 0.5) is 11.5 Å². The predicted octanol–water partition coefficient (Wildman–Crippen LogP) is 3.00. The van der Waals surface area contributed by atoms with Gasteiger partial charge >= 0.3 is 5.69 Å². The average molecular weight is 359 g/mol. The topological polar surface area (TPSA) is 103 Å². The van der Waals surface area contributed by atoms with Gasteiger partial charge in [-0.15, -0.1) is 0 Å². The van der Waals surface area contributed by atoms with Crippen molar-refractivity contribution < 1.29 is 10.0 Å². The Kier molecular flexibility index (Phi) is 4.57. The molecule has 1 aliphatic rings. The quantitative estimate of drug-likeness (QED) is 0.668. The van der Waals surface area contributed by atoms with Crippen molar-refractivity contribution in [1.29, 1.82) is 5.26 Å². The Morgan fingerprint density at radius 3 is 2.60 bits per heavy atom. The molecule has 1 N–H and O–H groups in total. The fourth-order valence-electron chi connectivity index (χ4n) is 3.14. The number of nitrogens with zero attached hydrogens (tertiary/aromatic N) is 4. The number of halogens is 1. The fraction of sp³-hybridized carbons (Fsp3) is 0.294. The monoisotopic (exact) mass is 358 g/mol. The van der Waals surface area contributed by atoms with Gasteiger partial charge in [0.25, 0.3) is 0 Å². The largest absolute Gasteiger partial charge is 0.385 e. The summed E-state index contributed by atoms with van der Waals surface area (Å²) in [7, 11) is 0. The van der Waals surface area contributed by atoms with Crippen LogP contribution in [-0.2, 0) is 5.60 Å². The highest BCUT2D eigenvalue weighted by Gasteiger charge is 2.37. The number of hydrogen-bond donors (Lipinski definition) is 1. The van der Waals surface area contributed by atoms with E-state index in [9.17, 15) is 15.2 Å². The Morgan fingerprint density at radius 1 is 1.32 bits per heavy atom. The van der Waals surface area contributed by atoms with Crippen molar-refractivity contribution >= 4 is 23.1 Å². The summed E-state index contributed by atoms with van der Waals surface area (Å²) in [6.07, 6.45) is 2.09. The van der Waals surface area contributed by atoms with E-state index in [4.69, 9.17) is 16.9 Å². The molecule has 25 heavy (non-hydrogen) atoms. The summed E-state index contributed by atoms with van der Waals surface area (Å²) in [6, 6.07) is 10.3. The number of nitriles is 1. The van der Waals surface area contributed by atoms with Crippen molar-refractivity contribution in [2.75, 3.05) is 18.0 Å². The maximum atomic E-state index is 11.4. The SMILES string of the molecule is N#Cc1ccnc(N2CCC(O)(c3ccccc3Cl)CC2)c1[N+](=O)[O-]. The minimum Gasteiger partial charge on any atom is -0.385 e. The molecule has 7 nitrogen and oxygen atoms in total. The molecule has 0 amide bonds. The van der Waals surface area contributed by atoms with Gasteiger partial charge in [-0.05, 0) is 25.0 Å². The third-order valence-electron chi connectivity index (χ3n) is 4.47. The second kappa shape index (κ2) is 6.67. The summed E-state index contributed by atoms with van der Waals surface area (Å²) in [5, 5.41) is 31.9. The molecule has 2 aromatic rings. The Morgan fingerprint density at radius 2 is 2.00 bits per heavy atom. The first-order valence-corrected chi connectivity index (χ1v) is 8.10. The van der Waals surface area contributed by atoms with E-state index in [1.54, 1.807) is 23.1 Å². The molecule has 0 aliphatic carbocycles. The van der Waals surface area contributed by atoms with Crippen LogP contribution >= 0.6 is 11.6 Å². The van der Waals surface area contributed by atoms with E-state index in [1.165, 1.54) is 12.3 Å². The lowest BCUT2D eigenvalue weighted by Gasteiger charge is -2.39. The number of hydrogen-bond acceptors (Lipinski definition) is 6. The number of rotatable bonds is 3. The van der Waals surface area contributed by atoms with E-state index < -0.39 is 10.5 Å². The maximum Gasteiger partial charge on any atom is 0.329 e. The van der Waals surface area contributed by atoms with Crippen molar-refractivity contribution in [2.24, 2.45) is 0 Å². The zero-order chi connectivity index (χ0) is 18.0. The minimum absolute atomic E-state index is 0.0260. The number of nitro groups is 1. The van der Waals surface area contributed by atoms with Crippen LogP contribution in [0.25, 0.3) is 0 Å². The number of piperidine rings is 1. The van der Waals surface area contributed by atoms with Gasteiger partial charge in [-0.3, -0.25) is 10.1 Å². The number of aromatic nitrogens is 1. The van der Waals surface area contributed by atoms with Crippen LogP contribution < -0.4 is 4.90 Å². The highest BCUT2D eigenvalue weighted by molar-refractivity contribution is 6.31. The molecule has 0 spiro atoms. The highest BCUT2D eigenvalue weighted by atomic mass is 35.5. The van der Waals surface area contributed by atoms with E-state index in [-0.39, 0.29) is 17.1 Å². The van der Waals surface area contributed by atoms with Crippen LogP contribution in [-0.4, -0.2) is 28.1 Å². The lowest BCUT2D eigenvalue weighted by Crippen LogP contribution is -2.43. The average Bonchev–Trinajstić information content (AvgIpc) is 2.61. The minimum atomic E-state index is -1.09. The third-order valence-corrected chi connectivity index (χ3v) is 4.80. The second-order valence-corrected chi connectivity index (χ2v) is 6.31.